The normalized spacial score (nSPS) is 16.3. The highest BCUT2D eigenvalue weighted by atomic mass is 32.2. The third-order valence-corrected chi connectivity index (χ3v) is 8.28. The number of anilines is 1. The van der Waals surface area contributed by atoms with Crippen molar-refractivity contribution in [3.63, 3.8) is 0 Å². The van der Waals surface area contributed by atoms with Crippen LogP contribution in [0.4, 0.5) is 5.69 Å². The molecule has 3 aromatic rings. The fourth-order valence-electron chi connectivity index (χ4n) is 4.56. The van der Waals surface area contributed by atoms with Crippen LogP contribution in [0.5, 0.6) is 5.75 Å². The number of ether oxygens (including phenoxy) is 2. The molecule has 0 N–H and O–H groups in total. The quantitative estimate of drug-likeness (QED) is 0.432. The summed E-state index contributed by atoms with van der Waals surface area (Å²) in [4.78, 5) is 19.4. The number of carbonyl (C=O) groups is 1. The van der Waals surface area contributed by atoms with Crippen molar-refractivity contribution in [2.45, 2.75) is 50.3 Å². The number of hydrogen-bond acceptors (Lipinski definition) is 7. The van der Waals surface area contributed by atoms with E-state index in [-0.39, 0.29) is 21.7 Å². The minimum Gasteiger partial charge on any atom is -0.494 e. The molecule has 1 fully saturated rings. The number of sulfone groups is 1. The monoisotopic (exact) mass is 496 g/mol. The molecule has 0 bridgehead atoms. The second-order valence-corrected chi connectivity index (χ2v) is 10.8. The maximum atomic E-state index is 13.9. The Kier molecular flexibility index (Phi) is 7.31. The molecule has 35 heavy (non-hydrogen) atoms. The van der Waals surface area contributed by atoms with Crippen LogP contribution < -0.4 is 9.64 Å². The van der Waals surface area contributed by atoms with E-state index in [0.717, 1.165) is 17.5 Å². The van der Waals surface area contributed by atoms with E-state index in [0.29, 0.717) is 55.1 Å². The molecule has 1 saturated heterocycles. The molecule has 0 spiro atoms. The Balaban J connectivity index is 1.91. The molecule has 7 nitrogen and oxygen atoms in total. The fourth-order valence-corrected chi connectivity index (χ4v) is 6.08. The Morgan fingerprint density at radius 2 is 1.89 bits per heavy atom. The lowest BCUT2D eigenvalue weighted by molar-refractivity contribution is -0.148. The second kappa shape index (κ2) is 10.2. The molecule has 2 aromatic carbocycles. The number of aromatic nitrogens is 1. The van der Waals surface area contributed by atoms with E-state index in [1.54, 1.807) is 19.1 Å². The highest BCUT2D eigenvalue weighted by Gasteiger charge is 2.32. The number of rotatable bonds is 7. The Morgan fingerprint density at radius 3 is 2.60 bits per heavy atom. The zero-order valence-electron chi connectivity index (χ0n) is 20.7. The Hall–Kier alpha value is -3.13. The molecule has 186 valence electrons. The van der Waals surface area contributed by atoms with Crippen LogP contribution in [0.25, 0.3) is 10.9 Å². The smallest absolute Gasteiger partial charge is 0.310 e. The van der Waals surface area contributed by atoms with Crippen molar-refractivity contribution in [2.24, 2.45) is 5.92 Å². The minimum atomic E-state index is -3.88. The highest BCUT2D eigenvalue weighted by molar-refractivity contribution is 7.91. The maximum absolute atomic E-state index is 13.9. The molecule has 1 aliphatic heterocycles. The molecule has 4 rings (SSSR count). The summed E-state index contributed by atoms with van der Waals surface area (Å²) in [5.74, 6) is 0.0750. The Bertz CT molecular complexity index is 1350. The molecule has 1 aromatic heterocycles. The summed E-state index contributed by atoms with van der Waals surface area (Å²) in [5.41, 5.74) is 3.15. The lowest BCUT2D eigenvalue weighted by Crippen LogP contribution is -2.40. The van der Waals surface area contributed by atoms with Gasteiger partial charge in [0.25, 0.3) is 0 Å². The number of hydrogen-bond donors (Lipinski definition) is 0. The van der Waals surface area contributed by atoms with Crippen LogP contribution in [-0.4, -0.2) is 45.7 Å². The Morgan fingerprint density at radius 1 is 1.09 bits per heavy atom. The van der Waals surface area contributed by atoms with Gasteiger partial charge in [0, 0.05) is 24.7 Å². The van der Waals surface area contributed by atoms with Crippen molar-refractivity contribution in [3.8, 4) is 5.75 Å². The Labute approximate surface area is 207 Å². The topological polar surface area (TPSA) is 85.8 Å². The lowest BCUT2D eigenvalue weighted by atomic mass is 9.97. The van der Waals surface area contributed by atoms with Crippen molar-refractivity contribution < 1.29 is 22.7 Å². The average Bonchev–Trinajstić information content (AvgIpc) is 2.85. The third kappa shape index (κ3) is 4.98. The largest absolute Gasteiger partial charge is 0.494 e. The van der Waals surface area contributed by atoms with Gasteiger partial charge >= 0.3 is 5.97 Å². The van der Waals surface area contributed by atoms with Crippen LogP contribution in [0.15, 0.2) is 52.4 Å². The van der Waals surface area contributed by atoms with Gasteiger partial charge in [0.15, 0.2) is 0 Å². The first-order valence-corrected chi connectivity index (χ1v) is 13.5. The van der Waals surface area contributed by atoms with Crippen LogP contribution >= 0.6 is 0 Å². The molecule has 1 aliphatic rings. The summed E-state index contributed by atoms with van der Waals surface area (Å²) < 4.78 is 38.9. The van der Waals surface area contributed by atoms with Gasteiger partial charge in [-0.05, 0) is 82.0 Å². The number of carbonyl (C=O) groups excluding carboxylic acids is 1. The highest BCUT2D eigenvalue weighted by Crippen LogP contribution is 2.39. The molecule has 1 atom stereocenters. The van der Waals surface area contributed by atoms with E-state index in [1.807, 2.05) is 49.9 Å². The van der Waals surface area contributed by atoms with Crippen LogP contribution in [-0.2, 0) is 19.4 Å². The molecule has 0 amide bonds. The van der Waals surface area contributed by atoms with E-state index in [1.165, 1.54) is 6.20 Å². The predicted molar refractivity (Wildman–Crippen MR) is 136 cm³/mol. The summed E-state index contributed by atoms with van der Waals surface area (Å²) in [5, 5.41) is 0.686. The van der Waals surface area contributed by atoms with Gasteiger partial charge in [-0.25, -0.2) is 8.42 Å². The number of fused-ring (bicyclic) bond motifs is 1. The van der Waals surface area contributed by atoms with Gasteiger partial charge < -0.3 is 14.4 Å². The van der Waals surface area contributed by atoms with E-state index in [9.17, 15) is 13.2 Å². The summed E-state index contributed by atoms with van der Waals surface area (Å²) in [6.07, 6.45) is 2.90. The van der Waals surface area contributed by atoms with Crippen LogP contribution in [0.2, 0.25) is 0 Å². The summed E-state index contributed by atoms with van der Waals surface area (Å²) >= 11 is 0. The fraction of sp³-hybridized carbons (Fsp3) is 0.407. The molecule has 0 saturated carbocycles. The van der Waals surface area contributed by atoms with Crippen LogP contribution in [0.1, 0.15) is 37.8 Å². The van der Waals surface area contributed by atoms with E-state index in [4.69, 9.17) is 9.47 Å². The second-order valence-electron chi connectivity index (χ2n) is 8.87. The molecule has 8 heteroatoms. The van der Waals surface area contributed by atoms with Gasteiger partial charge in [-0.2, -0.15) is 0 Å². The number of esters is 1. The van der Waals surface area contributed by atoms with Crippen LogP contribution in [0, 0.1) is 19.8 Å². The van der Waals surface area contributed by atoms with Crippen molar-refractivity contribution in [1.82, 2.24) is 4.98 Å². The van der Waals surface area contributed by atoms with Crippen molar-refractivity contribution in [3.05, 3.63) is 53.7 Å². The summed E-state index contributed by atoms with van der Waals surface area (Å²) in [7, 11) is -3.88. The lowest BCUT2D eigenvalue weighted by Gasteiger charge is -2.35. The van der Waals surface area contributed by atoms with Crippen molar-refractivity contribution >= 4 is 32.4 Å². The molecular formula is C27H32N2O5S. The first-order valence-electron chi connectivity index (χ1n) is 12.1. The minimum absolute atomic E-state index is 0.131. The van der Waals surface area contributed by atoms with Gasteiger partial charge in [0.1, 0.15) is 10.6 Å². The number of aryl methyl sites for hydroxylation is 2. The number of piperidine rings is 1. The number of benzene rings is 2. The van der Waals surface area contributed by atoms with Crippen molar-refractivity contribution in [1.29, 1.82) is 0 Å². The number of nitrogens with zero attached hydrogens (tertiary/aromatic N) is 2. The van der Waals surface area contributed by atoms with Gasteiger partial charge in [-0.3, -0.25) is 9.78 Å². The third-order valence-electron chi connectivity index (χ3n) is 6.52. The van der Waals surface area contributed by atoms with Gasteiger partial charge in [-0.15, -0.1) is 0 Å². The van der Waals surface area contributed by atoms with Crippen LogP contribution in [0.3, 0.4) is 0 Å². The van der Waals surface area contributed by atoms with E-state index < -0.39 is 9.84 Å². The summed E-state index contributed by atoms with van der Waals surface area (Å²) in [6, 6.07) is 10.7. The SMILES string of the molecule is CCOC(=O)[C@H]1CCCN(c2c(S(=O)(=O)c3ccc(C)c(C)c3)cnc3ccc(OCC)cc23)C1. The van der Waals surface area contributed by atoms with Gasteiger partial charge in [0.05, 0.1) is 35.2 Å². The zero-order valence-corrected chi connectivity index (χ0v) is 21.5. The van der Waals surface area contributed by atoms with E-state index >= 15 is 0 Å². The van der Waals surface area contributed by atoms with Crippen molar-refractivity contribution in [2.75, 3.05) is 31.2 Å². The van der Waals surface area contributed by atoms with E-state index in [2.05, 4.69) is 4.98 Å². The molecule has 0 unspecified atom stereocenters. The molecule has 0 radical (unpaired) electrons. The molecule has 0 aliphatic carbocycles. The number of pyridine rings is 1. The molecule has 2 heterocycles. The molecular weight excluding hydrogens is 464 g/mol. The average molecular weight is 497 g/mol. The standard InChI is InChI=1S/C27H32N2O5S/c1-5-33-21-10-12-24-23(15-21)26(29-13-7-8-20(17-29)27(30)34-6-2)25(16-28-24)35(31,32)22-11-9-18(3)19(4)14-22/h9-12,14-16,20H,5-8,13,17H2,1-4H3/t20-/m0/s1. The summed E-state index contributed by atoms with van der Waals surface area (Å²) in [6.45, 7) is 9.36. The zero-order chi connectivity index (χ0) is 25.2. The van der Waals surface area contributed by atoms with Gasteiger partial charge in [0.2, 0.25) is 9.84 Å². The first-order chi connectivity index (χ1) is 16.8. The van der Waals surface area contributed by atoms with Gasteiger partial charge in [-0.1, -0.05) is 6.07 Å². The predicted octanol–water partition coefficient (Wildman–Crippen LogP) is 4.86. The first kappa shape index (κ1) is 25.0. The maximum Gasteiger partial charge on any atom is 0.310 e.